The third kappa shape index (κ3) is 3.43. The number of para-hydroxylation sites is 1. The Morgan fingerprint density at radius 3 is 2.90 bits per heavy atom. The first-order valence-corrected chi connectivity index (χ1v) is 6.38. The first-order chi connectivity index (χ1) is 10.0. The van der Waals surface area contributed by atoms with Crippen LogP contribution in [0.4, 0.5) is 5.69 Å². The number of imide groups is 1. The fraction of sp³-hybridized carbons (Fsp3) is 0.286. The van der Waals surface area contributed by atoms with Gasteiger partial charge in [-0.3, -0.25) is 24.6 Å². The Morgan fingerprint density at radius 1 is 1.48 bits per heavy atom. The minimum absolute atomic E-state index is 0.0137. The van der Waals surface area contributed by atoms with E-state index < -0.39 is 17.9 Å². The van der Waals surface area contributed by atoms with Gasteiger partial charge in [0.25, 0.3) is 0 Å². The number of nitriles is 1. The molecule has 21 heavy (non-hydrogen) atoms. The highest BCUT2D eigenvalue weighted by Gasteiger charge is 2.31. The summed E-state index contributed by atoms with van der Waals surface area (Å²) in [7, 11) is 0. The van der Waals surface area contributed by atoms with Gasteiger partial charge in [-0.1, -0.05) is 12.1 Å². The fourth-order valence-electron chi connectivity index (χ4n) is 2.03. The van der Waals surface area contributed by atoms with E-state index in [1.165, 1.54) is 4.90 Å². The lowest BCUT2D eigenvalue weighted by Gasteiger charge is -2.30. The molecule has 0 radical (unpaired) electrons. The van der Waals surface area contributed by atoms with Gasteiger partial charge in [0.15, 0.2) is 0 Å². The molecule has 1 saturated heterocycles. The van der Waals surface area contributed by atoms with Crippen LogP contribution in [0.15, 0.2) is 24.3 Å². The highest BCUT2D eigenvalue weighted by Crippen LogP contribution is 2.14. The van der Waals surface area contributed by atoms with Gasteiger partial charge < -0.3 is 5.32 Å². The zero-order chi connectivity index (χ0) is 15.4. The molecule has 1 aliphatic heterocycles. The molecule has 1 aromatic carbocycles. The second kappa shape index (κ2) is 6.15. The standard InChI is InChI=1S/C14H14N4O3/c1-9-14(21)17-13(20)8-18(9)7-12(19)16-11-5-3-2-4-10(11)6-15/h2-5,9H,7-8H2,1H3,(H,16,19)(H,17,20,21). The van der Waals surface area contributed by atoms with E-state index >= 15 is 0 Å². The molecule has 0 saturated carbocycles. The van der Waals surface area contributed by atoms with Crippen LogP contribution in [-0.2, 0) is 14.4 Å². The molecule has 1 aliphatic rings. The van der Waals surface area contributed by atoms with Crippen molar-refractivity contribution in [1.82, 2.24) is 10.2 Å². The number of benzene rings is 1. The molecule has 0 spiro atoms. The summed E-state index contributed by atoms with van der Waals surface area (Å²) >= 11 is 0. The Balaban J connectivity index is 2.03. The minimum Gasteiger partial charge on any atom is -0.324 e. The van der Waals surface area contributed by atoms with Crippen LogP contribution in [0.3, 0.4) is 0 Å². The lowest BCUT2D eigenvalue weighted by molar-refractivity contribution is -0.140. The van der Waals surface area contributed by atoms with Crippen LogP contribution in [0.1, 0.15) is 12.5 Å². The van der Waals surface area contributed by atoms with Gasteiger partial charge in [0.05, 0.1) is 30.4 Å². The van der Waals surface area contributed by atoms with Crippen LogP contribution in [0, 0.1) is 11.3 Å². The largest absolute Gasteiger partial charge is 0.324 e. The summed E-state index contributed by atoms with van der Waals surface area (Å²) in [6.07, 6.45) is 0. The quantitative estimate of drug-likeness (QED) is 0.752. The highest BCUT2D eigenvalue weighted by molar-refractivity contribution is 6.02. The van der Waals surface area contributed by atoms with Gasteiger partial charge in [0.1, 0.15) is 6.07 Å². The van der Waals surface area contributed by atoms with Crippen LogP contribution < -0.4 is 10.6 Å². The molecule has 1 fully saturated rings. The molecule has 0 aliphatic carbocycles. The lowest BCUT2D eigenvalue weighted by atomic mass is 10.2. The maximum Gasteiger partial charge on any atom is 0.243 e. The van der Waals surface area contributed by atoms with Crippen molar-refractivity contribution in [1.29, 1.82) is 5.26 Å². The third-order valence-electron chi connectivity index (χ3n) is 3.20. The van der Waals surface area contributed by atoms with E-state index in [4.69, 9.17) is 5.26 Å². The van der Waals surface area contributed by atoms with Crippen molar-refractivity contribution < 1.29 is 14.4 Å². The number of amides is 3. The second-order valence-corrected chi connectivity index (χ2v) is 4.70. The highest BCUT2D eigenvalue weighted by atomic mass is 16.2. The number of nitrogens with one attached hydrogen (secondary N) is 2. The molecule has 1 unspecified atom stereocenters. The van der Waals surface area contributed by atoms with Crippen molar-refractivity contribution in [3.8, 4) is 6.07 Å². The van der Waals surface area contributed by atoms with Gasteiger partial charge in [-0.15, -0.1) is 0 Å². The zero-order valence-electron chi connectivity index (χ0n) is 11.4. The summed E-state index contributed by atoms with van der Waals surface area (Å²) in [6.45, 7) is 1.51. The Bertz CT molecular complexity index is 635. The van der Waals surface area contributed by atoms with Crippen molar-refractivity contribution in [2.24, 2.45) is 0 Å². The number of carbonyl (C=O) groups excluding carboxylic acids is 3. The Hall–Kier alpha value is -2.72. The maximum absolute atomic E-state index is 12.0. The van der Waals surface area contributed by atoms with E-state index in [2.05, 4.69) is 10.6 Å². The fourth-order valence-corrected chi connectivity index (χ4v) is 2.03. The van der Waals surface area contributed by atoms with Crippen molar-refractivity contribution >= 4 is 23.4 Å². The van der Waals surface area contributed by atoms with Gasteiger partial charge in [0, 0.05) is 0 Å². The Labute approximate surface area is 121 Å². The van der Waals surface area contributed by atoms with Crippen LogP contribution in [0.25, 0.3) is 0 Å². The van der Waals surface area contributed by atoms with Gasteiger partial charge >= 0.3 is 0 Å². The minimum atomic E-state index is -0.556. The van der Waals surface area contributed by atoms with Gasteiger partial charge in [-0.25, -0.2) is 0 Å². The number of carbonyl (C=O) groups is 3. The first kappa shape index (κ1) is 14.7. The summed E-state index contributed by atoms with van der Waals surface area (Å²) in [5.74, 6) is -1.23. The average Bonchev–Trinajstić information content (AvgIpc) is 2.44. The smallest absolute Gasteiger partial charge is 0.243 e. The Kier molecular flexibility index (Phi) is 4.30. The van der Waals surface area contributed by atoms with E-state index in [9.17, 15) is 14.4 Å². The number of hydrogen-bond acceptors (Lipinski definition) is 5. The monoisotopic (exact) mass is 286 g/mol. The van der Waals surface area contributed by atoms with Gasteiger partial charge in [-0.2, -0.15) is 5.26 Å². The number of piperazine rings is 1. The van der Waals surface area contributed by atoms with Crippen LogP contribution in [0.2, 0.25) is 0 Å². The topological polar surface area (TPSA) is 102 Å². The predicted octanol–water partition coefficient (Wildman–Crippen LogP) is -0.156. The van der Waals surface area contributed by atoms with E-state index in [1.54, 1.807) is 31.2 Å². The van der Waals surface area contributed by atoms with E-state index in [0.717, 1.165) is 0 Å². The molecule has 1 heterocycles. The molecule has 7 nitrogen and oxygen atoms in total. The van der Waals surface area contributed by atoms with Crippen molar-refractivity contribution in [2.75, 3.05) is 18.4 Å². The Morgan fingerprint density at radius 2 is 2.19 bits per heavy atom. The van der Waals surface area contributed by atoms with Crippen molar-refractivity contribution in [3.05, 3.63) is 29.8 Å². The molecule has 0 aromatic heterocycles. The lowest BCUT2D eigenvalue weighted by Crippen LogP contribution is -2.58. The number of nitrogens with zero attached hydrogens (tertiary/aromatic N) is 2. The van der Waals surface area contributed by atoms with Crippen molar-refractivity contribution in [2.45, 2.75) is 13.0 Å². The molecule has 2 rings (SSSR count). The number of anilines is 1. The maximum atomic E-state index is 12.0. The van der Waals surface area contributed by atoms with E-state index in [0.29, 0.717) is 11.3 Å². The number of hydrogen-bond donors (Lipinski definition) is 2. The molecular formula is C14H14N4O3. The summed E-state index contributed by atoms with van der Waals surface area (Å²) < 4.78 is 0. The molecule has 7 heteroatoms. The van der Waals surface area contributed by atoms with E-state index in [-0.39, 0.29) is 19.0 Å². The summed E-state index contributed by atoms with van der Waals surface area (Å²) in [4.78, 5) is 36.3. The first-order valence-electron chi connectivity index (χ1n) is 6.38. The second-order valence-electron chi connectivity index (χ2n) is 4.70. The number of rotatable bonds is 3. The summed E-state index contributed by atoms with van der Waals surface area (Å²) in [6, 6.07) is 8.04. The van der Waals surface area contributed by atoms with Crippen molar-refractivity contribution in [3.63, 3.8) is 0 Å². The predicted molar refractivity (Wildman–Crippen MR) is 74.0 cm³/mol. The molecule has 1 atom stereocenters. The SMILES string of the molecule is CC1C(=O)NC(=O)CN1CC(=O)Nc1ccccc1C#N. The molecule has 2 N–H and O–H groups in total. The average molecular weight is 286 g/mol. The van der Waals surface area contributed by atoms with Gasteiger partial charge in [-0.05, 0) is 19.1 Å². The normalized spacial score (nSPS) is 18.8. The summed E-state index contributed by atoms with van der Waals surface area (Å²) in [5.41, 5.74) is 0.761. The summed E-state index contributed by atoms with van der Waals surface area (Å²) in [5, 5.41) is 13.8. The van der Waals surface area contributed by atoms with E-state index in [1.807, 2.05) is 6.07 Å². The van der Waals surface area contributed by atoms with Gasteiger partial charge in [0.2, 0.25) is 17.7 Å². The van der Waals surface area contributed by atoms with Crippen LogP contribution in [-0.4, -0.2) is 41.8 Å². The molecule has 3 amide bonds. The molecule has 1 aromatic rings. The molecule has 0 bridgehead atoms. The third-order valence-corrected chi connectivity index (χ3v) is 3.20. The molecular weight excluding hydrogens is 272 g/mol. The van der Waals surface area contributed by atoms with Crippen LogP contribution >= 0.6 is 0 Å². The molecule has 108 valence electrons. The zero-order valence-corrected chi connectivity index (χ0v) is 11.4. The van der Waals surface area contributed by atoms with Crippen LogP contribution in [0.5, 0.6) is 0 Å².